The molecule has 0 unspecified atom stereocenters. The maximum Gasteiger partial charge on any atom is 0.313 e. The molecule has 0 saturated carbocycles. The SMILES string of the molecule is CC(C)C(=O)N1CCCc2ccc(NC(=O)C(=O)NC[C@](C)(O)c3cccs3)cc21. The molecule has 0 bridgehead atoms. The van der Waals surface area contributed by atoms with Gasteiger partial charge in [-0.3, -0.25) is 14.4 Å². The van der Waals surface area contributed by atoms with E-state index in [4.69, 9.17) is 0 Å². The molecule has 1 aromatic heterocycles. The summed E-state index contributed by atoms with van der Waals surface area (Å²) in [4.78, 5) is 39.5. The number of rotatable bonds is 5. The summed E-state index contributed by atoms with van der Waals surface area (Å²) in [5, 5.41) is 17.4. The summed E-state index contributed by atoms with van der Waals surface area (Å²) >= 11 is 1.38. The molecule has 0 radical (unpaired) electrons. The number of nitrogens with one attached hydrogen (secondary N) is 2. The molecular formula is C22H27N3O4S. The maximum atomic E-state index is 12.5. The van der Waals surface area contributed by atoms with Gasteiger partial charge in [0.2, 0.25) is 5.91 Å². The van der Waals surface area contributed by atoms with E-state index in [-0.39, 0.29) is 18.4 Å². The van der Waals surface area contributed by atoms with Gasteiger partial charge in [0.25, 0.3) is 0 Å². The van der Waals surface area contributed by atoms with Crippen LogP contribution in [0.5, 0.6) is 0 Å². The Hall–Kier alpha value is -2.71. The van der Waals surface area contributed by atoms with Crippen LogP contribution >= 0.6 is 11.3 Å². The van der Waals surface area contributed by atoms with Crippen LogP contribution < -0.4 is 15.5 Å². The lowest BCUT2D eigenvalue weighted by molar-refractivity contribution is -0.136. The van der Waals surface area contributed by atoms with E-state index in [9.17, 15) is 19.5 Å². The van der Waals surface area contributed by atoms with Gasteiger partial charge in [0, 0.05) is 28.7 Å². The lowest BCUT2D eigenvalue weighted by atomic mass is 9.99. The molecule has 2 heterocycles. The van der Waals surface area contributed by atoms with Gasteiger partial charge in [-0.2, -0.15) is 0 Å². The minimum Gasteiger partial charge on any atom is -0.383 e. The van der Waals surface area contributed by atoms with Gasteiger partial charge in [0.05, 0.1) is 6.54 Å². The summed E-state index contributed by atoms with van der Waals surface area (Å²) in [6.45, 7) is 5.86. The molecule has 3 amide bonds. The van der Waals surface area contributed by atoms with Crippen LogP contribution in [0.25, 0.3) is 0 Å². The van der Waals surface area contributed by atoms with E-state index in [0.29, 0.717) is 17.1 Å². The highest BCUT2D eigenvalue weighted by Crippen LogP contribution is 2.31. The van der Waals surface area contributed by atoms with Crippen LogP contribution in [0.15, 0.2) is 35.7 Å². The molecule has 0 saturated heterocycles. The molecule has 3 N–H and O–H groups in total. The van der Waals surface area contributed by atoms with Crippen LogP contribution in [0.2, 0.25) is 0 Å². The molecule has 1 aliphatic heterocycles. The highest BCUT2D eigenvalue weighted by atomic mass is 32.1. The highest BCUT2D eigenvalue weighted by Gasteiger charge is 2.27. The second-order valence-corrected chi connectivity index (χ2v) is 8.93. The average molecular weight is 430 g/mol. The van der Waals surface area contributed by atoms with Gasteiger partial charge >= 0.3 is 11.8 Å². The number of hydrogen-bond donors (Lipinski definition) is 3. The molecule has 7 nitrogen and oxygen atoms in total. The van der Waals surface area contributed by atoms with E-state index >= 15 is 0 Å². The summed E-state index contributed by atoms with van der Waals surface area (Å²) in [5.74, 6) is -1.75. The lowest BCUT2D eigenvalue weighted by Gasteiger charge is -2.31. The topological polar surface area (TPSA) is 98.7 Å². The Morgan fingerprint density at radius 2 is 2.00 bits per heavy atom. The molecule has 0 fully saturated rings. The monoisotopic (exact) mass is 429 g/mol. The number of nitrogens with zero attached hydrogens (tertiary/aromatic N) is 1. The molecule has 2 aromatic rings. The van der Waals surface area contributed by atoms with Crippen LogP contribution in [0.4, 0.5) is 11.4 Å². The fourth-order valence-corrected chi connectivity index (χ4v) is 4.17. The first-order chi connectivity index (χ1) is 14.2. The zero-order chi connectivity index (χ0) is 21.9. The van der Waals surface area contributed by atoms with Crippen molar-refractivity contribution in [3.8, 4) is 0 Å². The van der Waals surface area contributed by atoms with Gasteiger partial charge in [0.1, 0.15) is 5.60 Å². The van der Waals surface area contributed by atoms with Crippen LogP contribution in [-0.4, -0.2) is 35.9 Å². The second-order valence-electron chi connectivity index (χ2n) is 7.98. The minimum absolute atomic E-state index is 0.0352. The van der Waals surface area contributed by atoms with Crippen molar-refractivity contribution in [2.45, 2.75) is 39.2 Å². The molecule has 1 aromatic carbocycles. The van der Waals surface area contributed by atoms with Crippen molar-refractivity contribution in [1.82, 2.24) is 5.32 Å². The zero-order valence-electron chi connectivity index (χ0n) is 17.4. The van der Waals surface area contributed by atoms with E-state index in [1.54, 1.807) is 30.0 Å². The van der Waals surface area contributed by atoms with Crippen LogP contribution in [0.3, 0.4) is 0 Å². The van der Waals surface area contributed by atoms with Crippen molar-refractivity contribution in [3.63, 3.8) is 0 Å². The number of carbonyl (C=O) groups is 3. The molecular weight excluding hydrogens is 402 g/mol. The van der Waals surface area contributed by atoms with Gasteiger partial charge < -0.3 is 20.6 Å². The van der Waals surface area contributed by atoms with E-state index in [1.165, 1.54) is 11.3 Å². The molecule has 160 valence electrons. The Labute approximate surface area is 180 Å². The summed E-state index contributed by atoms with van der Waals surface area (Å²) < 4.78 is 0. The third-order valence-corrected chi connectivity index (χ3v) is 6.20. The summed E-state index contributed by atoms with van der Waals surface area (Å²) in [5.41, 5.74) is 1.01. The maximum absolute atomic E-state index is 12.5. The largest absolute Gasteiger partial charge is 0.383 e. The number of aliphatic hydroxyl groups is 1. The van der Waals surface area contributed by atoms with E-state index in [1.807, 2.05) is 31.4 Å². The predicted octanol–water partition coefficient (Wildman–Crippen LogP) is 2.65. The van der Waals surface area contributed by atoms with Crippen LogP contribution in [0.1, 0.15) is 37.6 Å². The number of amides is 3. The fraction of sp³-hybridized carbons (Fsp3) is 0.409. The number of aryl methyl sites for hydroxylation is 1. The number of benzene rings is 1. The quantitative estimate of drug-likeness (QED) is 0.637. The van der Waals surface area contributed by atoms with Crippen LogP contribution in [0, 0.1) is 5.92 Å². The highest BCUT2D eigenvalue weighted by molar-refractivity contribution is 7.10. The van der Waals surface area contributed by atoms with E-state index < -0.39 is 17.4 Å². The standard InChI is InChI=1S/C22H27N3O4S/c1-14(2)21(28)25-10-4-6-15-8-9-16(12-17(15)25)24-20(27)19(26)23-13-22(3,29)18-7-5-11-30-18/h5,7-9,11-12,14,29H,4,6,10,13H2,1-3H3,(H,23,26)(H,24,27)/t22-/m0/s1. The molecule has 0 spiro atoms. The Morgan fingerprint density at radius 3 is 2.67 bits per heavy atom. The molecule has 30 heavy (non-hydrogen) atoms. The first-order valence-corrected chi connectivity index (χ1v) is 10.9. The number of anilines is 2. The zero-order valence-corrected chi connectivity index (χ0v) is 18.2. The van der Waals surface area contributed by atoms with Gasteiger partial charge in [0.15, 0.2) is 0 Å². The summed E-state index contributed by atoms with van der Waals surface area (Å²) in [6.07, 6.45) is 1.76. The van der Waals surface area contributed by atoms with Crippen molar-refractivity contribution < 1.29 is 19.5 Å². The Bertz CT molecular complexity index is 938. The van der Waals surface area contributed by atoms with Crippen molar-refractivity contribution in [1.29, 1.82) is 0 Å². The predicted molar refractivity (Wildman–Crippen MR) is 117 cm³/mol. The minimum atomic E-state index is -1.26. The Morgan fingerprint density at radius 1 is 1.23 bits per heavy atom. The van der Waals surface area contributed by atoms with E-state index in [0.717, 1.165) is 24.1 Å². The molecule has 3 rings (SSSR count). The Balaban J connectivity index is 1.66. The van der Waals surface area contributed by atoms with Gasteiger partial charge in [-0.25, -0.2) is 0 Å². The van der Waals surface area contributed by atoms with Crippen molar-refractivity contribution >= 4 is 40.4 Å². The smallest absolute Gasteiger partial charge is 0.313 e. The summed E-state index contributed by atoms with van der Waals surface area (Å²) in [7, 11) is 0. The number of carbonyl (C=O) groups excluding carboxylic acids is 3. The molecule has 8 heteroatoms. The van der Waals surface area contributed by atoms with Crippen molar-refractivity contribution in [2.75, 3.05) is 23.3 Å². The first-order valence-electron chi connectivity index (χ1n) is 9.99. The third kappa shape index (κ3) is 4.88. The normalized spacial score (nSPS) is 15.3. The number of hydrogen-bond acceptors (Lipinski definition) is 5. The third-order valence-electron chi connectivity index (χ3n) is 5.07. The Kier molecular flexibility index (Phi) is 6.58. The molecule has 1 atom stereocenters. The van der Waals surface area contributed by atoms with Gasteiger partial charge in [-0.1, -0.05) is 26.0 Å². The first kappa shape index (κ1) is 22.0. The number of thiophene rings is 1. The van der Waals surface area contributed by atoms with E-state index in [2.05, 4.69) is 10.6 Å². The van der Waals surface area contributed by atoms with Crippen molar-refractivity contribution in [2.24, 2.45) is 5.92 Å². The molecule has 0 aliphatic carbocycles. The molecule has 1 aliphatic rings. The van der Waals surface area contributed by atoms with Gasteiger partial charge in [-0.15, -0.1) is 11.3 Å². The lowest BCUT2D eigenvalue weighted by Crippen LogP contribution is -2.43. The second kappa shape index (κ2) is 8.97. The number of fused-ring (bicyclic) bond motifs is 1. The van der Waals surface area contributed by atoms with Crippen molar-refractivity contribution in [3.05, 3.63) is 46.2 Å². The average Bonchev–Trinajstić information content (AvgIpc) is 3.27. The van der Waals surface area contributed by atoms with Gasteiger partial charge in [-0.05, 0) is 48.9 Å². The summed E-state index contributed by atoms with van der Waals surface area (Å²) in [6, 6.07) is 8.93. The fourth-order valence-electron chi connectivity index (χ4n) is 3.39. The van der Waals surface area contributed by atoms with Crippen LogP contribution in [-0.2, 0) is 26.4 Å².